The molecule has 0 aromatic heterocycles. The molecule has 1 aliphatic rings. The van der Waals surface area contributed by atoms with Crippen LogP contribution in [0.1, 0.15) is 34.6 Å². The Kier molecular flexibility index (Phi) is 5.01. The molecule has 0 saturated heterocycles. The zero-order valence-electron chi connectivity index (χ0n) is 19.3. The molecule has 7 heteroatoms. The van der Waals surface area contributed by atoms with E-state index in [2.05, 4.69) is 24.3 Å². The largest absolute Gasteiger partial charge is 0.362 e. The van der Waals surface area contributed by atoms with Gasteiger partial charge in [0.05, 0.1) is 35.3 Å². The van der Waals surface area contributed by atoms with Crippen molar-refractivity contribution in [3.8, 4) is 0 Å². The third-order valence-corrected chi connectivity index (χ3v) is 8.69. The molecule has 2 amide bonds. The van der Waals surface area contributed by atoms with Crippen LogP contribution in [0.5, 0.6) is 0 Å². The van der Waals surface area contributed by atoms with E-state index in [4.69, 9.17) is 9.05 Å². The second kappa shape index (κ2) is 7.99. The third-order valence-electron chi connectivity index (χ3n) is 6.53. The van der Waals surface area contributed by atoms with E-state index < -0.39 is 19.4 Å². The third kappa shape index (κ3) is 3.08. The maximum absolute atomic E-state index is 13.8. The van der Waals surface area contributed by atoms with Gasteiger partial charge in [-0.1, -0.05) is 54.6 Å². The summed E-state index contributed by atoms with van der Waals surface area (Å²) in [6.45, 7) is 3.70. The molecule has 6 rings (SSSR count). The highest BCUT2D eigenvalue weighted by Gasteiger charge is 2.43. The first kappa shape index (κ1) is 21.9. The van der Waals surface area contributed by atoms with Gasteiger partial charge in [0.2, 0.25) is 0 Å². The minimum atomic E-state index is -3.79. The lowest BCUT2D eigenvalue weighted by molar-refractivity contribution is 0.0926. The van der Waals surface area contributed by atoms with Crippen molar-refractivity contribution in [2.45, 2.75) is 13.8 Å². The van der Waals surface area contributed by atoms with E-state index in [-0.39, 0.29) is 29.6 Å². The van der Waals surface area contributed by atoms with Crippen molar-refractivity contribution in [2.75, 3.05) is 18.1 Å². The van der Waals surface area contributed by atoms with Crippen LogP contribution >= 0.6 is 7.60 Å². The molecule has 0 unspecified atom stereocenters. The number of rotatable bonds is 6. The average Bonchev–Trinajstić information content (AvgIpc) is 3.12. The maximum Gasteiger partial charge on any atom is 0.362 e. The summed E-state index contributed by atoms with van der Waals surface area (Å²) >= 11 is 0. The van der Waals surface area contributed by atoms with Crippen LogP contribution < -0.4 is 10.2 Å². The number of amides is 2. The Hall–Kier alpha value is -3.57. The van der Waals surface area contributed by atoms with Crippen LogP contribution in [0.3, 0.4) is 0 Å². The molecule has 6 nitrogen and oxygen atoms in total. The normalized spacial score (nSPS) is 14.1. The van der Waals surface area contributed by atoms with Gasteiger partial charge in [0.1, 0.15) is 0 Å². The number of benzene rings is 5. The van der Waals surface area contributed by atoms with Gasteiger partial charge in [0, 0.05) is 5.39 Å². The van der Waals surface area contributed by atoms with Crippen LogP contribution in [0.15, 0.2) is 72.8 Å². The lowest BCUT2D eigenvalue weighted by Gasteiger charge is -2.20. The molecule has 0 spiro atoms. The summed E-state index contributed by atoms with van der Waals surface area (Å²) in [5.41, 5.74) is 0.766. The number of imide groups is 1. The summed E-state index contributed by atoms with van der Waals surface area (Å²) in [4.78, 5) is 28.6. The summed E-state index contributed by atoms with van der Waals surface area (Å²) in [5.74, 6) is -0.989. The highest BCUT2D eigenvalue weighted by atomic mass is 31.2. The lowest BCUT2D eigenvalue weighted by atomic mass is 9.93. The van der Waals surface area contributed by atoms with Gasteiger partial charge in [-0.15, -0.1) is 0 Å². The topological polar surface area (TPSA) is 72.9 Å². The molecular formula is C28H22NO5P. The lowest BCUT2D eigenvalue weighted by Crippen LogP contribution is -2.31. The van der Waals surface area contributed by atoms with Crippen molar-refractivity contribution >= 4 is 62.7 Å². The Bertz CT molecular complexity index is 1680. The van der Waals surface area contributed by atoms with Crippen LogP contribution in [0.4, 0.5) is 5.69 Å². The first-order valence-electron chi connectivity index (χ1n) is 11.6. The zero-order valence-corrected chi connectivity index (χ0v) is 20.2. The maximum atomic E-state index is 13.8. The van der Waals surface area contributed by atoms with Gasteiger partial charge in [-0.05, 0) is 59.0 Å². The highest BCUT2D eigenvalue weighted by Crippen LogP contribution is 2.49. The van der Waals surface area contributed by atoms with Crippen molar-refractivity contribution in [3.63, 3.8) is 0 Å². The van der Waals surface area contributed by atoms with Crippen molar-refractivity contribution in [3.05, 3.63) is 83.9 Å². The highest BCUT2D eigenvalue weighted by molar-refractivity contribution is 7.62. The van der Waals surface area contributed by atoms with Gasteiger partial charge in [-0.2, -0.15) is 0 Å². The van der Waals surface area contributed by atoms with Gasteiger partial charge in [0.25, 0.3) is 11.8 Å². The second-order valence-electron chi connectivity index (χ2n) is 8.42. The number of anilines is 1. The molecule has 1 aliphatic heterocycles. The molecule has 0 N–H and O–H groups in total. The van der Waals surface area contributed by atoms with Crippen molar-refractivity contribution in [1.29, 1.82) is 0 Å². The zero-order chi connectivity index (χ0) is 24.3. The molecule has 0 saturated carbocycles. The molecule has 5 aromatic rings. The Balaban J connectivity index is 1.58. The summed E-state index contributed by atoms with van der Waals surface area (Å²) in [5, 5.41) is 6.25. The molecule has 0 fully saturated rings. The van der Waals surface area contributed by atoms with Crippen LogP contribution in [-0.4, -0.2) is 25.0 Å². The van der Waals surface area contributed by atoms with E-state index in [1.165, 1.54) is 4.90 Å². The number of carbonyl (C=O) groups excluding carboxylic acids is 2. The van der Waals surface area contributed by atoms with Crippen LogP contribution in [-0.2, 0) is 13.6 Å². The van der Waals surface area contributed by atoms with E-state index in [9.17, 15) is 14.2 Å². The Morgan fingerprint density at radius 2 is 1.31 bits per heavy atom. The van der Waals surface area contributed by atoms with Crippen molar-refractivity contribution in [2.24, 2.45) is 0 Å². The standard InChI is InChI=1S/C28H22NO5P/c1-3-33-35(32,34-4-2)23-10-6-9-21-26(23)28(31)29(27(21)30)22-16-14-19-12-11-17-7-5-8-18-13-15-20(22)25(19)24(17)18/h5-16H,3-4H2,1-2H3. The van der Waals surface area contributed by atoms with E-state index >= 15 is 0 Å². The quantitative estimate of drug-likeness (QED) is 0.162. The number of nitrogens with zero attached hydrogens (tertiary/aromatic N) is 1. The van der Waals surface area contributed by atoms with Gasteiger partial charge < -0.3 is 9.05 Å². The SMILES string of the molecule is CCOP(=O)(OCC)c1cccc2c1C(=O)N(c1ccc3ccc4cccc5ccc1c3c45)C2=O. The summed E-state index contributed by atoms with van der Waals surface area (Å²) < 4.78 is 24.6. The monoisotopic (exact) mass is 483 g/mol. The fourth-order valence-corrected chi connectivity index (χ4v) is 6.94. The molecule has 35 heavy (non-hydrogen) atoms. The second-order valence-corrected chi connectivity index (χ2v) is 10.4. The van der Waals surface area contributed by atoms with Crippen LogP contribution in [0.25, 0.3) is 32.3 Å². The summed E-state index contributed by atoms with van der Waals surface area (Å²) in [6.07, 6.45) is 0. The first-order chi connectivity index (χ1) is 17.0. The Labute approximate surface area is 201 Å². The minimum Gasteiger partial charge on any atom is -0.305 e. The molecule has 0 atom stereocenters. The molecular weight excluding hydrogens is 461 g/mol. The first-order valence-corrected chi connectivity index (χ1v) is 13.1. The van der Waals surface area contributed by atoms with Gasteiger partial charge in [0.15, 0.2) is 0 Å². The van der Waals surface area contributed by atoms with Crippen LogP contribution in [0, 0.1) is 0 Å². The predicted octanol–water partition coefficient (Wildman–Crippen LogP) is 6.28. The fourth-order valence-electron chi connectivity index (χ4n) is 5.15. The molecule has 174 valence electrons. The number of hydrogen-bond donors (Lipinski definition) is 0. The Morgan fingerprint density at radius 1 is 0.714 bits per heavy atom. The molecule has 0 bridgehead atoms. The molecule has 0 radical (unpaired) electrons. The van der Waals surface area contributed by atoms with E-state index in [1.54, 1.807) is 38.1 Å². The van der Waals surface area contributed by atoms with Gasteiger partial charge >= 0.3 is 7.60 Å². The smallest absolute Gasteiger partial charge is 0.305 e. The minimum absolute atomic E-state index is 0.0772. The van der Waals surface area contributed by atoms with E-state index in [0.29, 0.717) is 5.69 Å². The van der Waals surface area contributed by atoms with Crippen LogP contribution in [0.2, 0.25) is 0 Å². The van der Waals surface area contributed by atoms with Gasteiger partial charge in [-0.3, -0.25) is 14.2 Å². The van der Waals surface area contributed by atoms with Crippen molar-refractivity contribution < 1.29 is 23.2 Å². The number of carbonyl (C=O) groups is 2. The van der Waals surface area contributed by atoms with E-state index in [0.717, 1.165) is 32.3 Å². The fraction of sp³-hybridized carbons (Fsp3) is 0.143. The predicted molar refractivity (Wildman–Crippen MR) is 138 cm³/mol. The average molecular weight is 483 g/mol. The number of fused-ring (bicyclic) bond motifs is 1. The Morgan fingerprint density at radius 3 is 2.00 bits per heavy atom. The van der Waals surface area contributed by atoms with Crippen molar-refractivity contribution in [1.82, 2.24) is 0 Å². The summed E-state index contributed by atoms with van der Waals surface area (Å²) in [7, 11) is -3.79. The molecule has 5 aromatic carbocycles. The summed E-state index contributed by atoms with van der Waals surface area (Å²) in [6, 6.07) is 22.7. The molecule has 0 aliphatic carbocycles. The van der Waals surface area contributed by atoms with E-state index in [1.807, 2.05) is 24.3 Å². The molecule has 1 heterocycles. The van der Waals surface area contributed by atoms with Gasteiger partial charge in [-0.25, -0.2) is 4.90 Å². The number of hydrogen-bond acceptors (Lipinski definition) is 5.